The molecule has 0 radical (unpaired) electrons. The molecule has 7 nitrogen and oxygen atoms in total. The summed E-state index contributed by atoms with van der Waals surface area (Å²) in [5, 5.41) is 12.6. The maximum absolute atomic E-state index is 5.08. The predicted molar refractivity (Wildman–Crippen MR) is 75.0 cm³/mol. The topological polar surface area (TPSA) is 61.0 Å². The SMILES string of the molecule is CCn1ccc(CN(C)Cc2nncn2CCOC)n1. The van der Waals surface area contributed by atoms with Crippen LogP contribution in [0.4, 0.5) is 0 Å². The first kappa shape index (κ1) is 14.7. The molecular weight excluding hydrogens is 256 g/mol. The highest BCUT2D eigenvalue weighted by atomic mass is 16.5. The van der Waals surface area contributed by atoms with E-state index in [4.69, 9.17) is 4.74 Å². The third-order valence-electron chi connectivity index (χ3n) is 3.10. The fraction of sp³-hybridized carbons (Fsp3) is 0.615. The van der Waals surface area contributed by atoms with Crippen molar-refractivity contribution in [3.63, 3.8) is 0 Å². The maximum atomic E-state index is 5.08. The zero-order valence-electron chi connectivity index (χ0n) is 12.4. The number of rotatable bonds is 8. The van der Waals surface area contributed by atoms with Crippen molar-refractivity contribution in [2.24, 2.45) is 0 Å². The second kappa shape index (κ2) is 7.16. The van der Waals surface area contributed by atoms with Crippen molar-refractivity contribution in [1.82, 2.24) is 29.4 Å². The summed E-state index contributed by atoms with van der Waals surface area (Å²) >= 11 is 0. The summed E-state index contributed by atoms with van der Waals surface area (Å²) in [6, 6.07) is 2.05. The molecule has 0 fully saturated rings. The van der Waals surface area contributed by atoms with Gasteiger partial charge in [0.05, 0.1) is 18.8 Å². The minimum absolute atomic E-state index is 0.662. The normalized spacial score (nSPS) is 11.4. The Kier molecular flexibility index (Phi) is 5.25. The Balaban J connectivity index is 1.90. The van der Waals surface area contributed by atoms with Crippen LogP contribution in [0.5, 0.6) is 0 Å². The van der Waals surface area contributed by atoms with Gasteiger partial charge in [0.25, 0.3) is 0 Å². The molecule has 0 aliphatic rings. The van der Waals surface area contributed by atoms with E-state index in [1.54, 1.807) is 13.4 Å². The molecule has 0 saturated heterocycles. The molecule has 0 aromatic carbocycles. The van der Waals surface area contributed by atoms with Crippen molar-refractivity contribution in [1.29, 1.82) is 0 Å². The van der Waals surface area contributed by atoms with Crippen molar-refractivity contribution >= 4 is 0 Å². The first-order valence-electron chi connectivity index (χ1n) is 6.79. The van der Waals surface area contributed by atoms with Gasteiger partial charge in [0, 0.05) is 32.9 Å². The smallest absolute Gasteiger partial charge is 0.147 e. The van der Waals surface area contributed by atoms with Crippen molar-refractivity contribution in [2.75, 3.05) is 20.8 Å². The van der Waals surface area contributed by atoms with Gasteiger partial charge in [-0.2, -0.15) is 5.10 Å². The Bertz CT molecular complexity index is 520. The Hall–Kier alpha value is -1.73. The van der Waals surface area contributed by atoms with E-state index < -0.39 is 0 Å². The Morgan fingerprint density at radius 1 is 1.35 bits per heavy atom. The summed E-state index contributed by atoms with van der Waals surface area (Å²) < 4.78 is 9.04. The van der Waals surface area contributed by atoms with E-state index in [9.17, 15) is 0 Å². The lowest BCUT2D eigenvalue weighted by molar-refractivity contribution is 0.184. The zero-order valence-corrected chi connectivity index (χ0v) is 12.4. The van der Waals surface area contributed by atoms with Gasteiger partial charge in [-0.15, -0.1) is 10.2 Å². The lowest BCUT2D eigenvalue weighted by Crippen LogP contribution is -2.21. The third kappa shape index (κ3) is 3.88. The van der Waals surface area contributed by atoms with Gasteiger partial charge in [-0.25, -0.2) is 0 Å². The second-order valence-corrected chi connectivity index (χ2v) is 4.77. The minimum Gasteiger partial charge on any atom is -0.383 e. The molecule has 0 atom stereocenters. The molecular formula is C13H22N6O. The highest BCUT2D eigenvalue weighted by Gasteiger charge is 2.09. The van der Waals surface area contributed by atoms with Gasteiger partial charge >= 0.3 is 0 Å². The Labute approximate surface area is 119 Å². The van der Waals surface area contributed by atoms with E-state index >= 15 is 0 Å². The fourth-order valence-corrected chi connectivity index (χ4v) is 2.02. The lowest BCUT2D eigenvalue weighted by Gasteiger charge is -2.15. The van der Waals surface area contributed by atoms with Crippen LogP contribution in [0.15, 0.2) is 18.6 Å². The molecule has 2 aromatic rings. The minimum atomic E-state index is 0.662. The number of hydrogen-bond donors (Lipinski definition) is 0. The lowest BCUT2D eigenvalue weighted by atomic mass is 10.4. The van der Waals surface area contributed by atoms with Crippen molar-refractivity contribution < 1.29 is 4.74 Å². The van der Waals surface area contributed by atoms with E-state index in [1.165, 1.54) is 0 Å². The standard InChI is InChI=1S/C13H22N6O/c1-4-19-6-5-12(16-19)9-17(2)10-13-15-14-11-18(13)7-8-20-3/h5-6,11H,4,7-10H2,1-3H3. The molecule has 2 aromatic heterocycles. The second-order valence-electron chi connectivity index (χ2n) is 4.77. The zero-order chi connectivity index (χ0) is 14.4. The van der Waals surface area contributed by atoms with Crippen LogP contribution in [-0.4, -0.2) is 50.2 Å². The average molecular weight is 278 g/mol. The first-order chi connectivity index (χ1) is 9.72. The van der Waals surface area contributed by atoms with Crippen LogP contribution in [0.2, 0.25) is 0 Å². The number of ether oxygens (including phenoxy) is 1. The van der Waals surface area contributed by atoms with Crippen LogP contribution < -0.4 is 0 Å². The molecule has 20 heavy (non-hydrogen) atoms. The van der Waals surface area contributed by atoms with Gasteiger partial charge in [0.1, 0.15) is 12.2 Å². The number of aromatic nitrogens is 5. The van der Waals surface area contributed by atoms with Crippen LogP contribution in [0.3, 0.4) is 0 Å². The largest absolute Gasteiger partial charge is 0.383 e. The summed E-state index contributed by atoms with van der Waals surface area (Å²) in [6.45, 7) is 5.95. The molecule has 0 aliphatic heterocycles. The molecule has 110 valence electrons. The molecule has 0 spiro atoms. The van der Waals surface area contributed by atoms with Gasteiger partial charge in [-0.05, 0) is 20.0 Å². The van der Waals surface area contributed by atoms with Crippen LogP contribution >= 0.6 is 0 Å². The van der Waals surface area contributed by atoms with Crippen molar-refractivity contribution in [3.8, 4) is 0 Å². The molecule has 0 unspecified atom stereocenters. The highest BCUT2D eigenvalue weighted by Crippen LogP contribution is 2.05. The summed E-state index contributed by atoms with van der Waals surface area (Å²) in [7, 11) is 3.75. The summed E-state index contributed by atoms with van der Waals surface area (Å²) in [6.07, 6.45) is 3.75. The van der Waals surface area contributed by atoms with Crippen molar-refractivity contribution in [2.45, 2.75) is 33.1 Å². The summed E-state index contributed by atoms with van der Waals surface area (Å²) in [4.78, 5) is 2.18. The molecule has 7 heteroatoms. The number of nitrogens with zero attached hydrogens (tertiary/aromatic N) is 6. The molecule has 0 bridgehead atoms. The molecule has 0 amide bonds. The highest BCUT2D eigenvalue weighted by molar-refractivity contribution is 4.99. The van der Waals surface area contributed by atoms with Crippen LogP contribution in [0.25, 0.3) is 0 Å². The first-order valence-corrected chi connectivity index (χ1v) is 6.79. The molecule has 0 saturated carbocycles. The van der Waals surface area contributed by atoms with Crippen LogP contribution in [0, 0.1) is 0 Å². The quantitative estimate of drug-likeness (QED) is 0.714. The number of hydrogen-bond acceptors (Lipinski definition) is 5. The Morgan fingerprint density at radius 2 is 2.20 bits per heavy atom. The van der Waals surface area contributed by atoms with Crippen LogP contribution in [0.1, 0.15) is 18.4 Å². The fourth-order valence-electron chi connectivity index (χ4n) is 2.02. The van der Waals surface area contributed by atoms with E-state index in [-0.39, 0.29) is 0 Å². The van der Waals surface area contributed by atoms with Gasteiger partial charge in [-0.3, -0.25) is 9.58 Å². The average Bonchev–Trinajstić information content (AvgIpc) is 3.05. The molecule has 2 rings (SSSR count). The maximum Gasteiger partial charge on any atom is 0.147 e. The number of methoxy groups -OCH3 is 1. The summed E-state index contributed by atoms with van der Waals surface area (Å²) in [5.74, 6) is 0.944. The monoisotopic (exact) mass is 278 g/mol. The van der Waals surface area contributed by atoms with Gasteiger partial charge < -0.3 is 9.30 Å². The number of aryl methyl sites for hydroxylation is 1. The van der Waals surface area contributed by atoms with Gasteiger partial charge in [-0.1, -0.05) is 0 Å². The van der Waals surface area contributed by atoms with E-state index in [0.717, 1.165) is 37.7 Å². The molecule has 2 heterocycles. The van der Waals surface area contributed by atoms with Gasteiger partial charge in [0.15, 0.2) is 0 Å². The van der Waals surface area contributed by atoms with Crippen molar-refractivity contribution in [3.05, 3.63) is 30.1 Å². The molecule has 0 N–H and O–H groups in total. The van der Waals surface area contributed by atoms with E-state index in [2.05, 4.69) is 40.2 Å². The third-order valence-corrected chi connectivity index (χ3v) is 3.10. The Morgan fingerprint density at radius 3 is 2.90 bits per heavy atom. The van der Waals surface area contributed by atoms with E-state index in [1.807, 2.05) is 15.4 Å². The summed E-state index contributed by atoms with van der Waals surface area (Å²) in [5.41, 5.74) is 1.07. The molecule has 0 aliphatic carbocycles. The van der Waals surface area contributed by atoms with Crippen LogP contribution in [-0.2, 0) is 30.9 Å². The van der Waals surface area contributed by atoms with Gasteiger partial charge in [0.2, 0.25) is 0 Å². The predicted octanol–water partition coefficient (Wildman–Crippen LogP) is 0.773. The van der Waals surface area contributed by atoms with E-state index in [0.29, 0.717) is 6.61 Å².